The number of nitrogens with zero attached hydrogens (tertiary/aromatic N) is 2. The van der Waals surface area contributed by atoms with Crippen molar-refractivity contribution in [3.05, 3.63) is 23.5 Å². The van der Waals surface area contributed by atoms with Gasteiger partial charge in [-0.05, 0) is 25.2 Å². The van der Waals surface area contributed by atoms with Crippen molar-refractivity contribution in [2.24, 2.45) is 5.73 Å². The Hall–Kier alpha value is -0.740. The Morgan fingerprint density at radius 1 is 1.62 bits per heavy atom. The Labute approximate surface area is 101 Å². The first-order valence-electron chi connectivity index (χ1n) is 5.68. The van der Waals surface area contributed by atoms with Gasteiger partial charge in [0.25, 0.3) is 0 Å². The summed E-state index contributed by atoms with van der Waals surface area (Å²) >= 11 is 2.03. The van der Waals surface area contributed by atoms with Crippen molar-refractivity contribution in [1.29, 1.82) is 0 Å². The molecule has 1 fully saturated rings. The maximum Gasteiger partial charge on any atom is 0.0445 e. The summed E-state index contributed by atoms with van der Waals surface area (Å²) in [6.07, 6.45) is 3.18. The number of anilines is 1. The summed E-state index contributed by atoms with van der Waals surface area (Å²) in [4.78, 5) is 6.68. The second-order valence-corrected chi connectivity index (χ2v) is 5.44. The van der Waals surface area contributed by atoms with Crippen LogP contribution in [-0.4, -0.2) is 29.6 Å². The zero-order valence-corrected chi connectivity index (χ0v) is 10.8. The third kappa shape index (κ3) is 2.33. The van der Waals surface area contributed by atoms with E-state index in [2.05, 4.69) is 23.0 Å². The number of nitrogens with two attached hydrogens (primary N) is 1. The van der Waals surface area contributed by atoms with Crippen LogP contribution in [0.2, 0.25) is 0 Å². The van der Waals surface area contributed by atoms with Crippen molar-refractivity contribution >= 4 is 17.4 Å². The molecule has 1 unspecified atom stereocenters. The molecular formula is C12H19N3S. The van der Waals surface area contributed by atoms with E-state index in [0.717, 1.165) is 11.3 Å². The molecule has 0 bridgehead atoms. The fraction of sp³-hybridized carbons (Fsp3) is 0.583. The van der Waals surface area contributed by atoms with Crippen molar-refractivity contribution in [1.82, 2.24) is 4.98 Å². The average molecular weight is 237 g/mol. The van der Waals surface area contributed by atoms with Gasteiger partial charge in [0, 0.05) is 48.5 Å². The van der Waals surface area contributed by atoms with E-state index in [4.69, 9.17) is 5.73 Å². The number of hydrogen-bond donors (Lipinski definition) is 1. The topological polar surface area (TPSA) is 42.1 Å². The van der Waals surface area contributed by atoms with Gasteiger partial charge in [0.05, 0.1) is 0 Å². The van der Waals surface area contributed by atoms with E-state index >= 15 is 0 Å². The van der Waals surface area contributed by atoms with Crippen molar-refractivity contribution in [2.75, 3.05) is 23.5 Å². The van der Waals surface area contributed by atoms with Gasteiger partial charge in [-0.25, -0.2) is 0 Å². The van der Waals surface area contributed by atoms with E-state index in [1.54, 1.807) is 0 Å². The molecule has 0 amide bonds. The van der Waals surface area contributed by atoms with Gasteiger partial charge in [-0.2, -0.15) is 11.8 Å². The predicted octanol–water partition coefficient (Wildman–Crippen LogP) is 1.79. The monoisotopic (exact) mass is 237 g/mol. The third-order valence-corrected chi connectivity index (χ3v) is 4.30. The summed E-state index contributed by atoms with van der Waals surface area (Å²) < 4.78 is 0. The first-order valence-corrected chi connectivity index (χ1v) is 6.84. The van der Waals surface area contributed by atoms with Gasteiger partial charge in [0.1, 0.15) is 0 Å². The van der Waals surface area contributed by atoms with Crippen molar-refractivity contribution < 1.29 is 0 Å². The van der Waals surface area contributed by atoms with Gasteiger partial charge in [-0.15, -0.1) is 0 Å². The second kappa shape index (κ2) is 5.06. The van der Waals surface area contributed by atoms with Crippen LogP contribution in [-0.2, 0) is 6.54 Å². The Balaban J connectivity index is 2.26. The zero-order valence-electron chi connectivity index (χ0n) is 9.94. The van der Waals surface area contributed by atoms with E-state index < -0.39 is 0 Å². The minimum Gasteiger partial charge on any atom is -0.370 e. The second-order valence-electron chi connectivity index (χ2n) is 4.29. The molecule has 0 aliphatic carbocycles. The molecule has 0 aromatic carbocycles. The predicted molar refractivity (Wildman–Crippen MR) is 71.0 cm³/mol. The molecule has 2 rings (SSSR count). The molecule has 0 radical (unpaired) electrons. The molecule has 1 aliphatic heterocycles. The van der Waals surface area contributed by atoms with Crippen molar-refractivity contribution in [3.8, 4) is 0 Å². The molecule has 1 aliphatic rings. The number of aromatic nitrogens is 1. The minimum atomic E-state index is 0.562. The molecule has 4 heteroatoms. The highest BCUT2D eigenvalue weighted by atomic mass is 32.2. The van der Waals surface area contributed by atoms with Gasteiger partial charge in [-0.3, -0.25) is 4.98 Å². The smallest absolute Gasteiger partial charge is 0.0445 e. The Kier molecular flexibility index (Phi) is 3.71. The molecule has 3 nitrogen and oxygen atoms in total. The normalized spacial score (nSPS) is 20.1. The van der Waals surface area contributed by atoms with E-state index in [0.29, 0.717) is 12.6 Å². The molecule has 1 aromatic heterocycles. The molecule has 1 atom stereocenters. The first-order chi connectivity index (χ1) is 7.72. The molecule has 16 heavy (non-hydrogen) atoms. The highest BCUT2D eigenvalue weighted by Gasteiger charge is 2.21. The molecule has 0 saturated carbocycles. The Morgan fingerprint density at radius 3 is 3.06 bits per heavy atom. The number of hydrogen-bond acceptors (Lipinski definition) is 4. The number of thioether (sulfide) groups is 1. The van der Waals surface area contributed by atoms with Gasteiger partial charge in [0.15, 0.2) is 0 Å². The summed E-state index contributed by atoms with van der Waals surface area (Å²) in [6, 6.07) is 2.79. The lowest BCUT2D eigenvalue weighted by molar-refractivity contribution is 0.695. The summed E-state index contributed by atoms with van der Waals surface area (Å²) in [5.41, 5.74) is 9.22. The van der Waals surface area contributed by atoms with Crippen LogP contribution < -0.4 is 10.6 Å². The largest absolute Gasteiger partial charge is 0.370 e. The van der Waals surface area contributed by atoms with E-state index in [9.17, 15) is 0 Å². The molecular weight excluding hydrogens is 218 g/mol. The quantitative estimate of drug-likeness (QED) is 0.870. The Morgan fingerprint density at radius 2 is 2.44 bits per heavy atom. The fourth-order valence-electron chi connectivity index (χ4n) is 2.08. The van der Waals surface area contributed by atoms with Crippen LogP contribution in [0.3, 0.4) is 0 Å². The maximum atomic E-state index is 5.77. The molecule has 2 heterocycles. The van der Waals surface area contributed by atoms with E-state index in [1.165, 1.54) is 23.6 Å². The van der Waals surface area contributed by atoms with E-state index in [-0.39, 0.29) is 0 Å². The Bertz CT molecular complexity index is 361. The number of pyridine rings is 1. The lowest BCUT2D eigenvalue weighted by atomic mass is 10.1. The van der Waals surface area contributed by atoms with Crippen LogP contribution in [0.4, 0.5) is 5.69 Å². The lowest BCUT2D eigenvalue weighted by Crippen LogP contribution is -2.32. The molecule has 2 N–H and O–H groups in total. The van der Waals surface area contributed by atoms with Gasteiger partial charge in [0.2, 0.25) is 0 Å². The van der Waals surface area contributed by atoms with Crippen LogP contribution in [0.5, 0.6) is 0 Å². The standard InChI is InChI=1S/C12H19N3S/c1-9-5-12(10(6-13)7-14-9)15(2)11-3-4-16-8-11/h5,7,11H,3-4,6,8,13H2,1-2H3. The summed E-state index contributed by atoms with van der Waals surface area (Å²) in [7, 11) is 2.17. The van der Waals surface area contributed by atoms with Gasteiger partial charge < -0.3 is 10.6 Å². The number of rotatable bonds is 3. The maximum absolute atomic E-state index is 5.77. The van der Waals surface area contributed by atoms with Gasteiger partial charge in [-0.1, -0.05) is 0 Å². The molecule has 88 valence electrons. The van der Waals surface area contributed by atoms with Crippen LogP contribution in [0.25, 0.3) is 0 Å². The molecule has 1 aromatic rings. The minimum absolute atomic E-state index is 0.562. The fourth-order valence-corrected chi connectivity index (χ4v) is 3.35. The zero-order chi connectivity index (χ0) is 11.5. The SMILES string of the molecule is Cc1cc(N(C)C2CCSC2)c(CN)cn1. The summed E-state index contributed by atoms with van der Waals surface area (Å²) in [5, 5.41) is 0. The van der Waals surface area contributed by atoms with Crippen LogP contribution in [0, 0.1) is 6.92 Å². The highest BCUT2D eigenvalue weighted by Crippen LogP contribution is 2.28. The van der Waals surface area contributed by atoms with E-state index in [1.807, 2.05) is 24.9 Å². The lowest BCUT2D eigenvalue weighted by Gasteiger charge is -2.28. The van der Waals surface area contributed by atoms with Crippen LogP contribution in [0.1, 0.15) is 17.7 Å². The van der Waals surface area contributed by atoms with Gasteiger partial charge >= 0.3 is 0 Å². The molecule has 0 spiro atoms. The summed E-state index contributed by atoms with van der Waals surface area (Å²) in [6.45, 7) is 2.59. The van der Waals surface area contributed by atoms with Crippen molar-refractivity contribution in [2.45, 2.75) is 25.9 Å². The van der Waals surface area contributed by atoms with Crippen LogP contribution >= 0.6 is 11.8 Å². The average Bonchev–Trinajstić information content (AvgIpc) is 2.81. The van der Waals surface area contributed by atoms with Crippen LogP contribution in [0.15, 0.2) is 12.3 Å². The first kappa shape index (κ1) is 11.7. The number of aryl methyl sites for hydroxylation is 1. The molecule has 1 saturated heterocycles. The summed E-state index contributed by atoms with van der Waals surface area (Å²) in [5.74, 6) is 2.50. The third-order valence-electron chi connectivity index (χ3n) is 3.15. The highest BCUT2D eigenvalue weighted by molar-refractivity contribution is 7.99. The van der Waals surface area contributed by atoms with Crippen molar-refractivity contribution in [3.63, 3.8) is 0 Å².